The molecular weight excluding hydrogens is 259 g/mol. The van der Waals surface area contributed by atoms with E-state index in [1.165, 1.54) is 6.07 Å². The van der Waals surface area contributed by atoms with Gasteiger partial charge in [0.1, 0.15) is 17.9 Å². The molecule has 20 heavy (non-hydrogen) atoms. The zero-order valence-electron chi connectivity index (χ0n) is 10.9. The van der Waals surface area contributed by atoms with Crippen LogP contribution in [0.25, 0.3) is 0 Å². The molecule has 0 saturated heterocycles. The number of carbonyl (C=O) groups excluding carboxylic acids is 2. The zero-order valence-corrected chi connectivity index (χ0v) is 10.9. The Morgan fingerprint density at radius 3 is 2.75 bits per heavy atom. The number of benzene rings is 2. The second kappa shape index (κ2) is 6.10. The van der Waals surface area contributed by atoms with Gasteiger partial charge in [-0.05, 0) is 25.1 Å². The van der Waals surface area contributed by atoms with Gasteiger partial charge < -0.3 is 4.74 Å². The molecule has 0 heterocycles. The molecule has 102 valence electrons. The van der Waals surface area contributed by atoms with Crippen molar-refractivity contribution < 1.29 is 18.7 Å². The summed E-state index contributed by atoms with van der Waals surface area (Å²) in [6, 6.07) is 10.8. The number of ketones is 1. The average Bonchev–Trinajstić information content (AvgIpc) is 2.44. The van der Waals surface area contributed by atoms with Gasteiger partial charge in [0.2, 0.25) is 0 Å². The molecule has 0 N–H and O–H groups in total. The lowest BCUT2D eigenvalue weighted by molar-refractivity contribution is 0.0921. The number of Topliss-reactive ketones (excluding diaryl/α,β-unsaturated/α-hetero) is 1. The molecule has 0 aliphatic carbocycles. The first-order chi connectivity index (χ1) is 9.58. The number of rotatable bonds is 5. The molecule has 0 amide bonds. The number of halogens is 1. The molecule has 4 heteroatoms. The highest BCUT2D eigenvalue weighted by atomic mass is 19.1. The Morgan fingerprint density at radius 1 is 1.25 bits per heavy atom. The van der Waals surface area contributed by atoms with Crippen molar-refractivity contribution in [1.82, 2.24) is 0 Å². The van der Waals surface area contributed by atoms with Crippen LogP contribution in [-0.2, 0) is 0 Å². The first kappa shape index (κ1) is 13.9. The van der Waals surface area contributed by atoms with Crippen LogP contribution in [0.4, 0.5) is 4.39 Å². The van der Waals surface area contributed by atoms with Gasteiger partial charge in [0, 0.05) is 17.2 Å². The van der Waals surface area contributed by atoms with Gasteiger partial charge in [0.15, 0.2) is 12.4 Å². The summed E-state index contributed by atoms with van der Waals surface area (Å²) in [7, 11) is 0. The molecule has 0 atom stereocenters. The average molecular weight is 272 g/mol. The van der Waals surface area contributed by atoms with Crippen molar-refractivity contribution in [3.8, 4) is 5.75 Å². The third-order valence-corrected chi connectivity index (χ3v) is 2.74. The second-order valence-corrected chi connectivity index (χ2v) is 4.42. The predicted octanol–water partition coefficient (Wildman–Crippen LogP) is 3.21. The lowest BCUT2D eigenvalue weighted by Crippen LogP contribution is -2.12. The van der Waals surface area contributed by atoms with E-state index in [-0.39, 0.29) is 23.7 Å². The van der Waals surface area contributed by atoms with Crippen LogP contribution in [0.3, 0.4) is 0 Å². The first-order valence-electron chi connectivity index (χ1n) is 6.07. The fraction of sp³-hybridized carbons (Fsp3) is 0.125. The first-order valence-corrected chi connectivity index (χ1v) is 6.07. The highest BCUT2D eigenvalue weighted by Gasteiger charge is 2.08. The van der Waals surface area contributed by atoms with E-state index in [1.54, 1.807) is 18.2 Å². The zero-order chi connectivity index (χ0) is 14.5. The molecule has 0 unspecified atom stereocenters. The van der Waals surface area contributed by atoms with E-state index in [9.17, 15) is 14.0 Å². The Hall–Kier alpha value is -2.49. The van der Waals surface area contributed by atoms with Crippen molar-refractivity contribution in [1.29, 1.82) is 0 Å². The minimum absolute atomic E-state index is 0.160. The van der Waals surface area contributed by atoms with Crippen LogP contribution in [0.1, 0.15) is 26.3 Å². The molecule has 0 fully saturated rings. The van der Waals surface area contributed by atoms with Crippen molar-refractivity contribution in [3.63, 3.8) is 0 Å². The van der Waals surface area contributed by atoms with Gasteiger partial charge in [-0.15, -0.1) is 0 Å². The topological polar surface area (TPSA) is 43.4 Å². The number of ether oxygens (including phenoxy) is 1. The smallest absolute Gasteiger partial charge is 0.200 e. The summed E-state index contributed by atoms with van der Waals surface area (Å²) in [4.78, 5) is 22.5. The molecule has 0 radical (unpaired) electrons. The van der Waals surface area contributed by atoms with E-state index in [0.717, 1.165) is 17.7 Å². The third-order valence-electron chi connectivity index (χ3n) is 2.74. The number of carbonyl (C=O) groups is 2. The standard InChI is InChI=1S/C16H13FO3/c1-11-3-2-4-13(5-11)16(19)10-20-15-7-12(9-18)6-14(17)8-15/h2-9H,10H2,1H3. The van der Waals surface area contributed by atoms with Crippen LogP contribution < -0.4 is 4.74 Å². The maximum absolute atomic E-state index is 13.2. The number of hydrogen-bond acceptors (Lipinski definition) is 3. The second-order valence-electron chi connectivity index (χ2n) is 4.42. The van der Waals surface area contributed by atoms with E-state index < -0.39 is 5.82 Å². The van der Waals surface area contributed by atoms with Crippen molar-refractivity contribution in [2.45, 2.75) is 6.92 Å². The SMILES string of the molecule is Cc1cccc(C(=O)COc2cc(F)cc(C=O)c2)c1. The monoisotopic (exact) mass is 272 g/mol. The Bertz CT molecular complexity index is 650. The molecule has 0 saturated carbocycles. The molecule has 2 rings (SSSR count). The van der Waals surface area contributed by atoms with Crippen LogP contribution >= 0.6 is 0 Å². The van der Waals surface area contributed by atoms with Gasteiger partial charge in [0.25, 0.3) is 0 Å². The van der Waals surface area contributed by atoms with Gasteiger partial charge in [-0.25, -0.2) is 4.39 Å². The van der Waals surface area contributed by atoms with E-state index in [1.807, 2.05) is 13.0 Å². The van der Waals surface area contributed by atoms with Gasteiger partial charge in [-0.2, -0.15) is 0 Å². The Balaban J connectivity index is 2.07. The summed E-state index contributed by atoms with van der Waals surface area (Å²) < 4.78 is 18.4. The predicted molar refractivity (Wildman–Crippen MR) is 72.8 cm³/mol. The lowest BCUT2D eigenvalue weighted by Gasteiger charge is -2.07. The Morgan fingerprint density at radius 2 is 2.05 bits per heavy atom. The molecule has 2 aromatic rings. The normalized spacial score (nSPS) is 10.1. The Labute approximate surface area is 116 Å². The van der Waals surface area contributed by atoms with E-state index in [0.29, 0.717) is 11.8 Å². The van der Waals surface area contributed by atoms with E-state index in [4.69, 9.17) is 4.74 Å². The van der Waals surface area contributed by atoms with Gasteiger partial charge in [-0.3, -0.25) is 9.59 Å². The van der Waals surface area contributed by atoms with Crippen molar-refractivity contribution in [3.05, 3.63) is 65.0 Å². The van der Waals surface area contributed by atoms with E-state index >= 15 is 0 Å². The summed E-state index contributed by atoms with van der Waals surface area (Å²) in [5, 5.41) is 0. The molecule has 0 aromatic heterocycles. The molecule has 0 bridgehead atoms. The van der Waals surface area contributed by atoms with Crippen molar-refractivity contribution in [2.24, 2.45) is 0 Å². The van der Waals surface area contributed by atoms with Crippen molar-refractivity contribution >= 4 is 12.1 Å². The van der Waals surface area contributed by atoms with Crippen LogP contribution in [0.5, 0.6) is 5.75 Å². The number of hydrogen-bond donors (Lipinski definition) is 0. The highest BCUT2D eigenvalue weighted by Crippen LogP contribution is 2.16. The highest BCUT2D eigenvalue weighted by molar-refractivity contribution is 5.97. The minimum atomic E-state index is -0.576. The molecule has 0 aliphatic rings. The molecule has 3 nitrogen and oxygen atoms in total. The van der Waals surface area contributed by atoms with Crippen LogP contribution in [0.15, 0.2) is 42.5 Å². The van der Waals surface area contributed by atoms with Crippen LogP contribution in [0, 0.1) is 12.7 Å². The maximum Gasteiger partial charge on any atom is 0.200 e. The molecule has 0 aliphatic heterocycles. The number of aryl methyl sites for hydroxylation is 1. The minimum Gasteiger partial charge on any atom is -0.485 e. The quantitative estimate of drug-likeness (QED) is 0.620. The van der Waals surface area contributed by atoms with Crippen LogP contribution in [0.2, 0.25) is 0 Å². The summed E-state index contributed by atoms with van der Waals surface area (Å²) in [5.74, 6) is -0.619. The fourth-order valence-corrected chi connectivity index (χ4v) is 1.79. The van der Waals surface area contributed by atoms with Gasteiger partial charge in [0.05, 0.1) is 0 Å². The largest absolute Gasteiger partial charge is 0.485 e. The lowest BCUT2D eigenvalue weighted by atomic mass is 10.1. The third kappa shape index (κ3) is 3.51. The Kier molecular flexibility index (Phi) is 4.25. The van der Waals surface area contributed by atoms with Crippen LogP contribution in [-0.4, -0.2) is 18.7 Å². The summed E-state index contributed by atoms with van der Waals surface area (Å²) >= 11 is 0. The summed E-state index contributed by atoms with van der Waals surface area (Å²) in [6.45, 7) is 1.69. The molecular formula is C16H13FO3. The van der Waals surface area contributed by atoms with Gasteiger partial charge >= 0.3 is 0 Å². The molecule has 2 aromatic carbocycles. The van der Waals surface area contributed by atoms with E-state index in [2.05, 4.69) is 0 Å². The fourth-order valence-electron chi connectivity index (χ4n) is 1.79. The number of aldehydes is 1. The van der Waals surface area contributed by atoms with Gasteiger partial charge in [-0.1, -0.05) is 23.8 Å². The summed E-state index contributed by atoms with van der Waals surface area (Å²) in [6.07, 6.45) is 0.526. The van der Waals surface area contributed by atoms with Crippen molar-refractivity contribution in [2.75, 3.05) is 6.61 Å². The molecule has 0 spiro atoms. The maximum atomic E-state index is 13.2. The summed E-state index contributed by atoms with van der Waals surface area (Å²) in [5.41, 5.74) is 1.69.